The van der Waals surface area contributed by atoms with Crippen LogP contribution in [0.2, 0.25) is 0 Å². The molecule has 0 aliphatic rings. The van der Waals surface area contributed by atoms with Crippen molar-refractivity contribution in [1.82, 2.24) is 13.7 Å². The summed E-state index contributed by atoms with van der Waals surface area (Å²) < 4.78 is 46.1. The molecule has 1 aromatic carbocycles. The van der Waals surface area contributed by atoms with Crippen molar-refractivity contribution in [2.75, 3.05) is 14.1 Å². The molecule has 3 aromatic rings. The van der Waals surface area contributed by atoms with Crippen molar-refractivity contribution in [2.24, 2.45) is 0 Å². The number of pyridine rings is 1. The normalized spacial score (nSPS) is 11.8. The molecular weight excluding hydrogens is 361 g/mol. The molecule has 9 heteroatoms. The summed E-state index contributed by atoms with van der Waals surface area (Å²) in [6.07, 6.45) is 3.48. The van der Waals surface area contributed by atoms with Crippen LogP contribution in [0.1, 0.15) is 16.1 Å². The van der Waals surface area contributed by atoms with Gasteiger partial charge in [0.25, 0.3) is 0 Å². The minimum atomic E-state index is -3.79. The standard InChI is InChI=1S/C17H16FN3O4S/c1-20(2)26(23,24)13-6-7-15(18)14(9-13)17(22)25-11-12-10-21-8-4-3-5-16(21)19-12/h3-10H,11H2,1-2H3. The number of hydrogen-bond acceptors (Lipinski definition) is 5. The minimum Gasteiger partial charge on any atom is -0.455 e. The van der Waals surface area contributed by atoms with Crippen LogP contribution in [0.25, 0.3) is 5.65 Å². The maximum Gasteiger partial charge on any atom is 0.341 e. The SMILES string of the molecule is CN(C)S(=O)(=O)c1ccc(F)c(C(=O)OCc2cn3ccccc3n2)c1. The van der Waals surface area contributed by atoms with Crippen LogP contribution in [0.3, 0.4) is 0 Å². The topological polar surface area (TPSA) is 81.0 Å². The van der Waals surface area contributed by atoms with Crippen LogP contribution < -0.4 is 0 Å². The number of imidazole rings is 1. The number of carbonyl (C=O) groups excluding carboxylic acids is 1. The van der Waals surface area contributed by atoms with Gasteiger partial charge in [-0.1, -0.05) is 6.07 Å². The molecule has 0 bridgehead atoms. The molecule has 0 spiro atoms. The highest BCUT2D eigenvalue weighted by atomic mass is 32.2. The summed E-state index contributed by atoms with van der Waals surface area (Å²) in [5, 5.41) is 0. The Hall–Kier alpha value is -2.78. The lowest BCUT2D eigenvalue weighted by molar-refractivity contribution is 0.0462. The molecule has 0 saturated heterocycles. The summed E-state index contributed by atoms with van der Waals surface area (Å²) in [6, 6.07) is 8.44. The third-order valence-corrected chi connectivity index (χ3v) is 5.51. The van der Waals surface area contributed by atoms with Crippen molar-refractivity contribution in [1.29, 1.82) is 0 Å². The van der Waals surface area contributed by atoms with Gasteiger partial charge in [-0.2, -0.15) is 0 Å². The molecule has 0 atom stereocenters. The fourth-order valence-electron chi connectivity index (χ4n) is 2.31. The van der Waals surface area contributed by atoms with Crippen LogP contribution >= 0.6 is 0 Å². The van der Waals surface area contributed by atoms with Crippen LogP contribution in [0, 0.1) is 5.82 Å². The van der Waals surface area contributed by atoms with Crippen LogP contribution in [0.4, 0.5) is 4.39 Å². The van der Waals surface area contributed by atoms with Gasteiger partial charge in [-0.05, 0) is 30.3 Å². The molecule has 0 amide bonds. The molecular formula is C17H16FN3O4S. The number of rotatable bonds is 5. The summed E-state index contributed by atoms with van der Waals surface area (Å²) in [5.74, 6) is -1.82. The first kappa shape index (κ1) is 18.0. The molecule has 0 fully saturated rings. The first-order chi connectivity index (χ1) is 12.3. The Morgan fingerprint density at radius 1 is 1.27 bits per heavy atom. The Bertz CT molecular complexity index is 1040. The van der Waals surface area contributed by atoms with E-state index in [1.165, 1.54) is 14.1 Å². The zero-order valence-corrected chi connectivity index (χ0v) is 14.9. The lowest BCUT2D eigenvalue weighted by Crippen LogP contribution is -2.22. The van der Waals surface area contributed by atoms with Crippen molar-refractivity contribution in [3.8, 4) is 0 Å². The van der Waals surface area contributed by atoms with Crippen LogP contribution in [0.5, 0.6) is 0 Å². The molecule has 0 aliphatic heterocycles. The number of aromatic nitrogens is 2. The predicted molar refractivity (Wildman–Crippen MR) is 91.6 cm³/mol. The van der Waals surface area contributed by atoms with Crippen molar-refractivity contribution < 1.29 is 22.3 Å². The summed E-state index contributed by atoms with van der Waals surface area (Å²) >= 11 is 0. The van der Waals surface area contributed by atoms with Crippen LogP contribution in [-0.4, -0.2) is 42.2 Å². The zero-order valence-electron chi connectivity index (χ0n) is 14.1. The molecule has 136 valence electrons. The lowest BCUT2D eigenvalue weighted by atomic mass is 10.2. The summed E-state index contributed by atoms with van der Waals surface area (Å²) in [7, 11) is -1.10. The second-order valence-electron chi connectivity index (χ2n) is 5.70. The van der Waals surface area contributed by atoms with Gasteiger partial charge in [-0.3, -0.25) is 0 Å². The van der Waals surface area contributed by atoms with E-state index >= 15 is 0 Å². The number of ether oxygens (including phenoxy) is 1. The second-order valence-corrected chi connectivity index (χ2v) is 7.86. The van der Waals surface area contributed by atoms with E-state index in [4.69, 9.17) is 4.74 Å². The molecule has 0 N–H and O–H groups in total. The second kappa shape index (κ2) is 6.85. The number of hydrogen-bond donors (Lipinski definition) is 0. The Balaban J connectivity index is 1.81. The van der Waals surface area contributed by atoms with E-state index in [1.54, 1.807) is 22.9 Å². The Kier molecular flexibility index (Phi) is 4.75. The third kappa shape index (κ3) is 3.44. The molecule has 0 radical (unpaired) electrons. The van der Waals surface area contributed by atoms with Gasteiger partial charge in [0.1, 0.15) is 18.1 Å². The number of benzene rings is 1. The Morgan fingerprint density at radius 2 is 2.04 bits per heavy atom. The Morgan fingerprint density at radius 3 is 2.73 bits per heavy atom. The smallest absolute Gasteiger partial charge is 0.341 e. The third-order valence-electron chi connectivity index (χ3n) is 3.70. The van der Waals surface area contributed by atoms with Crippen molar-refractivity contribution in [3.05, 3.63) is 65.9 Å². The number of halogens is 1. The van der Waals surface area contributed by atoms with Gasteiger partial charge in [0.05, 0.1) is 16.2 Å². The van der Waals surface area contributed by atoms with Gasteiger partial charge in [0.2, 0.25) is 10.0 Å². The van der Waals surface area contributed by atoms with Crippen LogP contribution in [0.15, 0.2) is 53.7 Å². The van der Waals surface area contributed by atoms with Gasteiger partial charge in [0, 0.05) is 26.5 Å². The highest BCUT2D eigenvalue weighted by molar-refractivity contribution is 7.89. The summed E-state index contributed by atoms with van der Waals surface area (Å²) in [6.45, 7) is -0.162. The van der Waals surface area contributed by atoms with Crippen molar-refractivity contribution in [3.63, 3.8) is 0 Å². The molecule has 26 heavy (non-hydrogen) atoms. The van der Waals surface area contributed by atoms with Gasteiger partial charge in [-0.25, -0.2) is 26.9 Å². The maximum atomic E-state index is 14.0. The van der Waals surface area contributed by atoms with Gasteiger partial charge >= 0.3 is 5.97 Å². The van der Waals surface area contributed by atoms with E-state index in [2.05, 4.69) is 4.98 Å². The molecule has 3 rings (SSSR count). The monoisotopic (exact) mass is 377 g/mol. The van der Waals surface area contributed by atoms with Gasteiger partial charge in [-0.15, -0.1) is 0 Å². The molecule has 2 aromatic heterocycles. The molecule has 0 unspecified atom stereocenters. The zero-order chi connectivity index (χ0) is 18.9. The fourth-order valence-corrected chi connectivity index (χ4v) is 3.23. The molecule has 0 aliphatic carbocycles. The minimum absolute atomic E-state index is 0.162. The molecule has 7 nitrogen and oxygen atoms in total. The predicted octanol–water partition coefficient (Wildman–Crippen LogP) is 2.08. The number of esters is 1. The summed E-state index contributed by atoms with van der Waals surface area (Å²) in [5.41, 5.74) is 0.725. The highest BCUT2D eigenvalue weighted by Crippen LogP contribution is 2.19. The maximum absolute atomic E-state index is 14.0. The van der Waals surface area contributed by atoms with Gasteiger partial charge in [0.15, 0.2) is 0 Å². The van der Waals surface area contributed by atoms with E-state index in [1.807, 2.05) is 12.1 Å². The van der Waals surface area contributed by atoms with Gasteiger partial charge < -0.3 is 9.14 Å². The van der Waals surface area contributed by atoms with E-state index in [-0.39, 0.29) is 11.5 Å². The van der Waals surface area contributed by atoms with E-state index < -0.39 is 27.4 Å². The van der Waals surface area contributed by atoms with E-state index in [0.717, 1.165) is 22.5 Å². The number of nitrogens with zero attached hydrogens (tertiary/aromatic N) is 3. The van der Waals surface area contributed by atoms with Crippen molar-refractivity contribution >= 4 is 21.6 Å². The molecule has 0 saturated carbocycles. The number of sulfonamides is 1. The van der Waals surface area contributed by atoms with Crippen LogP contribution in [-0.2, 0) is 21.4 Å². The Labute approximate surface area is 149 Å². The number of carbonyl (C=O) groups is 1. The van der Waals surface area contributed by atoms with E-state index in [0.29, 0.717) is 11.3 Å². The quantitative estimate of drug-likeness (QED) is 0.636. The van der Waals surface area contributed by atoms with E-state index in [9.17, 15) is 17.6 Å². The molecule has 2 heterocycles. The average molecular weight is 377 g/mol. The largest absolute Gasteiger partial charge is 0.455 e. The highest BCUT2D eigenvalue weighted by Gasteiger charge is 2.22. The first-order valence-electron chi connectivity index (χ1n) is 7.61. The lowest BCUT2D eigenvalue weighted by Gasteiger charge is -2.12. The number of fused-ring (bicyclic) bond motifs is 1. The summed E-state index contributed by atoms with van der Waals surface area (Å²) in [4.78, 5) is 16.3. The fraction of sp³-hybridized carbons (Fsp3) is 0.176. The average Bonchev–Trinajstić information content (AvgIpc) is 3.02. The van der Waals surface area contributed by atoms with Crippen molar-refractivity contribution in [2.45, 2.75) is 11.5 Å². The first-order valence-corrected chi connectivity index (χ1v) is 9.05.